The molecule has 1 unspecified atom stereocenters. The summed E-state index contributed by atoms with van der Waals surface area (Å²) in [6, 6.07) is 1.97. The molecule has 0 saturated heterocycles. The minimum atomic E-state index is -0.855. The third kappa shape index (κ3) is 2.80. The normalized spacial score (nSPS) is 12.6. The zero-order valence-corrected chi connectivity index (χ0v) is 11.8. The number of aromatic nitrogens is 4. The summed E-state index contributed by atoms with van der Waals surface area (Å²) in [7, 11) is 0. The fraction of sp³-hybridized carbons (Fsp3) is 0.333. The van der Waals surface area contributed by atoms with Crippen molar-refractivity contribution in [1.29, 1.82) is 0 Å². The molecular weight excluding hydrogens is 355 g/mol. The Kier molecular flexibility index (Phi) is 3.72. The Morgan fingerprint density at radius 3 is 3.06 bits per heavy atom. The molecule has 90 valence electrons. The third-order valence-corrected chi connectivity index (χ3v) is 4.01. The number of tetrazole rings is 1. The number of rotatable bonds is 4. The number of nitrogens with zero attached hydrogens (tertiary/aromatic N) is 4. The first-order valence-electron chi connectivity index (χ1n) is 4.81. The molecule has 1 atom stereocenters. The lowest BCUT2D eigenvalue weighted by Crippen LogP contribution is -2.18. The molecule has 2 rings (SSSR count). The van der Waals surface area contributed by atoms with Gasteiger partial charge in [0.2, 0.25) is 0 Å². The summed E-state index contributed by atoms with van der Waals surface area (Å²) in [4.78, 5) is 10.8. The van der Waals surface area contributed by atoms with Crippen LogP contribution in [-0.4, -0.2) is 31.3 Å². The molecule has 0 spiro atoms. The smallest absolute Gasteiger partial charge is 0.308 e. The Labute approximate surface area is 115 Å². The zero-order valence-electron chi connectivity index (χ0n) is 8.87. The highest BCUT2D eigenvalue weighted by Crippen LogP contribution is 2.24. The minimum Gasteiger partial charge on any atom is -0.481 e. The molecule has 0 saturated carbocycles. The number of halogens is 1. The van der Waals surface area contributed by atoms with Crippen LogP contribution in [0.4, 0.5) is 0 Å². The van der Waals surface area contributed by atoms with Gasteiger partial charge in [-0.25, -0.2) is 4.68 Å². The van der Waals surface area contributed by atoms with E-state index in [0.29, 0.717) is 5.82 Å². The van der Waals surface area contributed by atoms with Gasteiger partial charge in [0.1, 0.15) is 0 Å². The van der Waals surface area contributed by atoms with E-state index in [2.05, 4.69) is 38.1 Å². The van der Waals surface area contributed by atoms with Gasteiger partial charge in [-0.1, -0.05) is 6.92 Å². The number of thiophene rings is 1. The predicted molar refractivity (Wildman–Crippen MR) is 70.6 cm³/mol. The van der Waals surface area contributed by atoms with E-state index < -0.39 is 11.9 Å². The average molecular weight is 364 g/mol. The van der Waals surface area contributed by atoms with E-state index in [1.807, 2.05) is 11.4 Å². The van der Waals surface area contributed by atoms with Gasteiger partial charge >= 0.3 is 5.97 Å². The van der Waals surface area contributed by atoms with E-state index in [0.717, 1.165) is 8.45 Å². The van der Waals surface area contributed by atoms with Crippen LogP contribution in [0.1, 0.15) is 6.92 Å². The van der Waals surface area contributed by atoms with E-state index in [4.69, 9.17) is 5.11 Å². The first-order valence-corrected chi connectivity index (χ1v) is 6.77. The Hall–Kier alpha value is -1.03. The Bertz CT molecular complexity index is 539. The van der Waals surface area contributed by atoms with Crippen molar-refractivity contribution in [2.24, 2.45) is 5.92 Å². The molecule has 0 aliphatic carbocycles. The fourth-order valence-corrected chi connectivity index (χ4v) is 2.62. The molecule has 0 aliphatic heterocycles. The van der Waals surface area contributed by atoms with Crippen LogP contribution >= 0.6 is 33.9 Å². The lowest BCUT2D eigenvalue weighted by atomic mass is 10.2. The summed E-state index contributed by atoms with van der Waals surface area (Å²) < 4.78 is 2.66. The van der Waals surface area contributed by atoms with Crippen molar-refractivity contribution in [2.75, 3.05) is 0 Å². The van der Waals surface area contributed by atoms with Crippen molar-refractivity contribution in [1.82, 2.24) is 20.2 Å². The minimum absolute atomic E-state index is 0.268. The van der Waals surface area contributed by atoms with Gasteiger partial charge in [0, 0.05) is 10.9 Å². The molecular formula is C9H9IN4O2S. The second-order valence-corrected chi connectivity index (χ2v) is 6.37. The van der Waals surface area contributed by atoms with E-state index >= 15 is 0 Å². The van der Waals surface area contributed by atoms with Gasteiger partial charge in [-0.15, -0.1) is 16.4 Å². The molecule has 6 nitrogen and oxygen atoms in total. The summed E-state index contributed by atoms with van der Waals surface area (Å²) in [5.74, 6) is -0.765. The molecule has 2 aromatic heterocycles. The van der Waals surface area contributed by atoms with Crippen LogP contribution < -0.4 is 0 Å². The van der Waals surface area contributed by atoms with E-state index in [9.17, 15) is 4.79 Å². The van der Waals surface area contributed by atoms with Gasteiger partial charge in [-0.2, -0.15) is 0 Å². The van der Waals surface area contributed by atoms with Crippen LogP contribution in [0, 0.1) is 8.80 Å². The maximum absolute atomic E-state index is 10.8. The van der Waals surface area contributed by atoms with Crippen LogP contribution in [0.15, 0.2) is 11.4 Å². The number of carboxylic acids is 1. The third-order valence-electron chi connectivity index (χ3n) is 2.23. The van der Waals surface area contributed by atoms with Crippen LogP contribution in [0.2, 0.25) is 0 Å². The van der Waals surface area contributed by atoms with E-state index in [-0.39, 0.29) is 6.54 Å². The predicted octanol–water partition coefficient (Wildman–Crippen LogP) is 1.73. The van der Waals surface area contributed by atoms with Crippen molar-refractivity contribution in [3.05, 3.63) is 14.3 Å². The number of aliphatic carboxylic acids is 1. The maximum Gasteiger partial charge on any atom is 0.308 e. The summed E-state index contributed by atoms with van der Waals surface area (Å²) in [6.45, 7) is 1.90. The molecule has 0 bridgehead atoms. The topological polar surface area (TPSA) is 80.9 Å². The molecule has 2 aromatic rings. The average Bonchev–Trinajstić information content (AvgIpc) is 2.86. The van der Waals surface area contributed by atoms with Gasteiger partial charge in [0.05, 0.1) is 15.3 Å². The Morgan fingerprint density at radius 2 is 2.47 bits per heavy atom. The Morgan fingerprint density at radius 1 is 1.71 bits per heavy atom. The van der Waals surface area contributed by atoms with Crippen molar-refractivity contribution in [3.63, 3.8) is 0 Å². The van der Waals surface area contributed by atoms with Gasteiger partial charge in [-0.3, -0.25) is 4.79 Å². The fourth-order valence-electron chi connectivity index (χ4n) is 1.30. The van der Waals surface area contributed by atoms with Crippen LogP contribution in [0.3, 0.4) is 0 Å². The van der Waals surface area contributed by atoms with Crippen LogP contribution in [-0.2, 0) is 11.3 Å². The van der Waals surface area contributed by atoms with Gasteiger partial charge in [0.25, 0.3) is 0 Å². The van der Waals surface area contributed by atoms with Crippen LogP contribution in [0.25, 0.3) is 11.4 Å². The summed E-state index contributed by atoms with van der Waals surface area (Å²) >= 11 is 3.82. The summed E-state index contributed by atoms with van der Waals surface area (Å²) in [5, 5.41) is 22.2. The first-order chi connectivity index (χ1) is 8.08. The largest absolute Gasteiger partial charge is 0.481 e. The van der Waals surface area contributed by atoms with Crippen molar-refractivity contribution in [2.45, 2.75) is 13.5 Å². The first kappa shape index (κ1) is 12.4. The lowest BCUT2D eigenvalue weighted by molar-refractivity contribution is -0.141. The standard InChI is InChI=1S/C9H9IN4O2S/c1-5(9(15)16)3-14-8(11-12-13-14)6-2-7(10)17-4-6/h2,4-5H,3H2,1H3,(H,15,16). The summed E-state index contributed by atoms with van der Waals surface area (Å²) in [6.07, 6.45) is 0. The van der Waals surface area contributed by atoms with Crippen molar-refractivity contribution >= 4 is 39.9 Å². The highest BCUT2D eigenvalue weighted by Gasteiger charge is 2.17. The van der Waals surface area contributed by atoms with Crippen LogP contribution in [0.5, 0.6) is 0 Å². The van der Waals surface area contributed by atoms with Gasteiger partial charge in [-0.05, 0) is 39.1 Å². The van der Waals surface area contributed by atoms with E-state index in [1.165, 1.54) is 4.68 Å². The quantitative estimate of drug-likeness (QED) is 0.836. The number of hydrogen-bond acceptors (Lipinski definition) is 5. The second-order valence-electron chi connectivity index (χ2n) is 3.56. The van der Waals surface area contributed by atoms with Crippen molar-refractivity contribution < 1.29 is 9.90 Å². The maximum atomic E-state index is 10.8. The molecule has 0 aliphatic rings. The molecule has 0 aromatic carbocycles. The highest BCUT2D eigenvalue weighted by atomic mass is 127. The van der Waals surface area contributed by atoms with E-state index in [1.54, 1.807) is 18.3 Å². The summed E-state index contributed by atoms with van der Waals surface area (Å²) in [5.41, 5.74) is 0.919. The molecule has 1 N–H and O–H groups in total. The monoisotopic (exact) mass is 364 g/mol. The molecule has 0 fully saturated rings. The lowest BCUT2D eigenvalue weighted by Gasteiger charge is -2.06. The highest BCUT2D eigenvalue weighted by molar-refractivity contribution is 14.1. The van der Waals surface area contributed by atoms with Crippen molar-refractivity contribution in [3.8, 4) is 11.4 Å². The van der Waals surface area contributed by atoms with Gasteiger partial charge < -0.3 is 5.11 Å². The number of carboxylic acid groups (broad SMARTS) is 1. The SMILES string of the molecule is CC(Cn1nnnc1-c1csc(I)c1)C(=O)O. The molecule has 0 radical (unpaired) electrons. The number of hydrogen-bond donors (Lipinski definition) is 1. The molecule has 8 heteroatoms. The second kappa shape index (κ2) is 5.08. The molecule has 0 amide bonds. The Balaban J connectivity index is 2.26. The zero-order chi connectivity index (χ0) is 12.4. The van der Waals surface area contributed by atoms with Gasteiger partial charge in [0.15, 0.2) is 5.82 Å². The molecule has 2 heterocycles. The molecule has 17 heavy (non-hydrogen) atoms. The number of carbonyl (C=O) groups is 1.